The Kier molecular flexibility index (Phi) is 1.39. The summed E-state index contributed by atoms with van der Waals surface area (Å²) in [6.07, 6.45) is -0.00917. The van der Waals surface area contributed by atoms with Crippen LogP contribution in [0, 0.1) is 11.6 Å². The minimum atomic E-state index is -0.811. The molecule has 0 aromatic heterocycles. The molecule has 0 saturated carbocycles. The van der Waals surface area contributed by atoms with Crippen molar-refractivity contribution in [2.45, 2.75) is 6.10 Å². The van der Waals surface area contributed by atoms with Crippen molar-refractivity contribution in [3.63, 3.8) is 0 Å². The molecule has 1 atom stereocenters. The lowest BCUT2D eigenvalue weighted by molar-refractivity contribution is 0.413. The van der Waals surface area contributed by atoms with E-state index in [9.17, 15) is 8.78 Å². The van der Waals surface area contributed by atoms with Crippen LogP contribution in [0.2, 0.25) is 0 Å². The summed E-state index contributed by atoms with van der Waals surface area (Å²) < 4.78 is 29.8. The van der Waals surface area contributed by atoms with E-state index in [0.717, 1.165) is 6.07 Å². The van der Waals surface area contributed by atoms with Crippen LogP contribution in [0.4, 0.5) is 8.78 Å². The Labute approximate surface area is 62.6 Å². The maximum absolute atomic E-state index is 12.5. The van der Waals surface area contributed by atoms with Crippen LogP contribution in [-0.2, 0) is 4.74 Å². The number of ether oxygens (including phenoxy) is 1. The van der Waals surface area contributed by atoms with Gasteiger partial charge in [0.15, 0.2) is 11.6 Å². The molecule has 0 bridgehead atoms. The maximum atomic E-state index is 12.5. The molecule has 0 N–H and O–H groups in total. The van der Waals surface area contributed by atoms with E-state index in [-0.39, 0.29) is 6.10 Å². The number of halogens is 2. The lowest BCUT2D eigenvalue weighted by Gasteiger charge is -1.95. The van der Waals surface area contributed by atoms with Crippen molar-refractivity contribution >= 4 is 0 Å². The Morgan fingerprint density at radius 1 is 1.27 bits per heavy atom. The van der Waals surface area contributed by atoms with Crippen molar-refractivity contribution in [2.24, 2.45) is 0 Å². The first kappa shape index (κ1) is 6.73. The van der Waals surface area contributed by atoms with Crippen LogP contribution in [0.1, 0.15) is 11.7 Å². The largest absolute Gasteiger partial charge is 0.368 e. The third-order valence-corrected chi connectivity index (χ3v) is 1.65. The minimum absolute atomic E-state index is 0.00917. The summed E-state index contributed by atoms with van der Waals surface area (Å²) in [4.78, 5) is 0. The van der Waals surface area contributed by atoms with Crippen molar-refractivity contribution < 1.29 is 13.5 Å². The molecular weight excluding hydrogens is 150 g/mol. The molecule has 0 radical (unpaired) electrons. The van der Waals surface area contributed by atoms with Gasteiger partial charge in [-0.15, -0.1) is 0 Å². The number of hydrogen-bond acceptors (Lipinski definition) is 1. The van der Waals surface area contributed by atoms with E-state index in [1.807, 2.05) is 0 Å². The van der Waals surface area contributed by atoms with Gasteiger partial charge in [0.2, 0.25) is 0 Å². The van der Waals surface area contributed by atoms with Crippen molar-refractivity contribution in [1.29, 1.82) is 0 Å². The highest BCUT2D eigenvalue weighted by Crippen LogP contribution is 2.30. The third-order valence-electron chi connectivity index (χ3n) is 1.65. The van der Waals surface area contributed by atoms with Crippen LogP contribution in [0.25, 0.3) is 0 Å². The Morgan fingerprint density at radius 3 is 2.55 bits per heavy atom. The van der Waals surface area contributed by atoms with Gasteiger partial charge in [-0.1, -0.05) is 6.07 Å². The lowest BCUT2D eigenvalue weighted by Crippen LogP contribution is -1.86. The van der Waals surface area contributed by atoms with Crippen molar-refractivity contribution in [3.05, 3.63) is 35.4 Å². The van der Waals surface area contributed by atoms with Gasteiger partial charge in [0.05, 0.1) is 6.61 Å². The first-order valence-electron chi connectivity index (χ1n) is 3.34. The summed E-state index contributed by atoms with van der Waals surface area (Å²) in [5.41, 5.74) is 0.712. The molecule has 1 aromatic rings. The van der Waals surface area contributed by atoms with E-state index in [1.165, 1.54) is 12.1 Å². The normalized spacial score (nSPS) is 21.8. The summed E-state index contributed by atoms with van der Waals surface area (Å²) in [7, 11) is 0. The monoisotopic (exact) mass is 156 g/mol. The predicted molar refractivity (Wildman–Crippen MR) is 35.1 cm³/mol. The van der Waals surface area contributed by atoms with Gasteiger partial charge in [0, 0.05) is 0 Å². The van der Waals surface area contributed by atoms with E-state index in [2.05, 4.69) is 0 Å². The van der Waals surface area contributed by atoms with Crippen molar-refractivity contribution in [3.8, 4) is 0 Å². The van der Waals surface area contributed by atoms with Crippen LogP contribution in [0.15, 0.2) is 18.2 Å². The molecule has 1 heterocycles. The van der Waals surface area contributed by atoms with Gasteiger partial charge in [-0.25, -0.2) is 8.78 Å². The molecule has 1 fully saturated rings. The zero-order valence-corrected chi connectivity index (χ0v) is 5.68. The van der Waals surface area contributed by atoms with Crippen molar-refractivity contribution in [2.75, 3.05) is 6.61 Å². The van der Waals surface area contributed by atoms with Gasteiger partial charge in [-0.2, -0.15) is 0 Å². The first-order valence-corrected chi connectivity index (χ1v) is 3.34. The van der Waals surface area contributed by atoms with Gasteiger partial charge >= 0.3 is 0 Å². The van der Waals surface area contributed by atoms with Gasteiger partial charge in [-0.05, 0) is 17.7 Å². The van der Waals surface area contributed by atoms with Gasteiger partial charge < -0.3 is 4.74 Å². The zero-order chi connectivity index (χ0) is 7.84. The molecule has 1 unspecified atom stereocenters. The molecular formula is C8H6F2O. The molecule has 0 aliphatic carbocycles. The second kappa shape index (κ2) is 2.27. The topological polar surface area (TPSA) is 12.5 Å². The summed E-state index contributed by atoms with van der Waals surface area (Å²) in [5.74, 6) is -1.62. The smallest absolute Gasteiger partial charge is 0.159 e. The Bertz CT molecular complexity index is 281. The highest BCUT2D eigenvalue weighted by molar-refractivity contribution is 5.22. The quantitative estimate of drug-likeness (QED) is 0.567. The Morgan fingerprint density at radius 2 is 2.00 bits per heavy atom. The predicted octanol–water partition coefficient (Wildman–Crippen LogP) is 2.04. The van der Waals surface area contributed by atoms with Gasteiger partial charge in [0.25, 0.3) is 0 Å². The molecule has 3 heteroatoms. The lowest BCUT2D eigenvalue weighted by atomic mass is 10.1. The second-order valence-electron chi connectivity index (χ2n) is 2.50. The average Bonchev–Trinajstić information content (AvgIpc) is 2.77. The van der Waals surface area contributed by atoms with E-state index >= 15 is 0 Å². The summed E-state index contributed by atoms with van der Waals surface area (Å²) in [5, 5.41) is 0. The van der Waals surface area contributed by atoms with Crippen LogP contribution in [0.3, 0.4) is 0 Å². The molecule has 1 aliphatic heterocycles. The SMILES string of the molecule is Fc1ccc(C2CO2)cc1F. The van der Waals surface area contributed by atoms with Crippen LogP contribution < -0.4 is 0 Å². The fourth-order valence-corrected chi connectivity index (χ4v) is 0.953. The maximum Gasteiger partial charge on any atom is 0.159 e. The molecule has 11 heavy (non-hydrogen) atoms. The Balaban J connectivity index is 2.36. The number of benzene rings is 1. The number of epoxide rings is 1. The molecule has 1 aromatic carbocycles. The van der Waals surface area contributed by atoms with E-state index in [4.69, 9.17) is 4.74 Å². The third kappa shape index (κ3) is 1.24. The number of rotatable bonds is 1. The van der Waals surface area contributed by atoms with E-state index < -0.39 is 11.6 Å². The minimum Gasteiger partial charge on any atom is -0.368 e. The number of hydrogen-bond donors (Lipinski definition) is 0. The summed E-state index contributed by atoms with van der Waals surface area (Å²) in [6.45, 7) is 0.616. The first-order chi connectivity index (χ1) is 5.27. The van der Waals surface area contributed by atoms with Crippen LogP contribution >= 0.6 is 0 Å². The summed E-state index contributed by atoms with van der Waals surface area (Å²) >= 11 is 0. The highest BCUT2D eigenvalue weighted by Gasteiger charge is 2.25. The van der Waals surface area contributed by atoms with Crippen LogP contribution in [-0.4, -0.2) is 6.61 Å². The zero-order valence-electron chi connectivity index (χ0n) is 5.68. The molecule has 0 spiro atoms. The standard InChI is InChI=1S/C8H6F2O/c9-6-2-1-5(3-7(6)10)8-4-11-8/h1-3,8H,4H2. The Hall–Kier alpha value is -0.960. The average molecular weight is 156 g/mol. The van der Waals surface area contributed by atoms with E-state index in [1.54, 1.807) is 0 Å². The summed E-state index contributed by atoms with van der Waals surface area (Å²) in [6, 6.07) is 3.83. The molecule has 1 aliphatic rings. The molecule has 2 rings (SSSR count). The fraction of sp³-hybridized carbons (Fsp3) is 0.250. The highest BCUT2D eigenvalue weighted by atomic mass is 19.2. The van der Waals surface area contributed by atoms with Gasteiger partial charge in [-0.3, -0.25) is 0 Å². The van der Waals surface area contributed by atoms with E-state index in [0.29, 0.717) is 12.2 Å². The second-order valence-corrected chi connectivity index (χ2v) is 2.50. The fourth-order valence-electron chi connectivity index (χ4n) is 0.953. The van der Waals surface area contributed by atoms with Crippen LogP contribution in [0.5, 0.6) is 0 Å². The molecule has 1 saturated heterocycles. The molecule has 0 amide bonds. The molecule has 1 nitrogen and oxygen atoms in total. The van der Waals surface area contributed by atoms with Gasteiger partial charge in [0.1, 0.15) is 6.10 Å². The molecule has 58 valence electrons. The van der Waals surface area contributed by atoms with Crippen molar-refractivity contribution in [1.82, 2.24) is 0 Å².